The van der Waals surface area contributed by atoms with E-state index in [4.69, 9.17) is 11.5 Å². The van der Waals surface area contributed by atoms with Gasteiger partial charge in [-0.15, -0.1) is 0 Å². The molecular weight excluding hydrogens is 805 g/mol. The SMILES string of the molecule is CCCCCCCC/C=C\CCCCCC(CC(=O)NC(C(C)O)N1CCN(C(NC(=O)CC(CCCCC/C=C\CCCCCCCC)CC(O)CN)C(C)O)CC1)CC(O)CN. The third-order valence-corrected chi connectivity index (χ3v) is 13.1. The van der Waals surface area contributed by atoms with Crippen LogP contribution in [-0.4, -0.2) is 118 Å². The summed E-state index contributed by atoms with van der Waals surface area (Å²) in [6.45, 7) is 10.3. The molecule has 0 aromatic heterocycles. The van der Waals surface area contributed by atoms with Gasteiger partial charge in [-0.25, -0.2) is 0 Å². The van der Waals surface area contributed by atoms with Crippen molar-refractivity contribution >= 4 is 11.8 Å². The van der Waals surface area contributed by atoms with Gasteiger partial charge < -0.3 is 42.5 Å². The van der Waals surface area contributed by atoms with E-state index >= 15 is 0 Å². The average Bonchev–Trinajstić information content (AvgIpc) is 3.27. The highest BCUT2D eigenvalue weighted by Crippen LogP contribution is 2.23. The van der Waals surface area contributed by atoms with E-state index in [0.717, 1.165) is 77.0 Å². The molecule has 12 nitrogen and oxygen atoms in total. The van der Waals surface area contributed by atoms with E-state index in [1.165, 1.54) is 77.0 Å². The van der Waals surface area contributed by atoms with Crippen molar-refractivity contribution in [1.29, 1.82) is 0 Å². The minimum absolute atomic E-state index is 0.00586. The average molecular weight is 907 g/mol. The van der Waals surface area contributed by atoms with Crippen molar-refractivity contribution in [2.24, 2.45) is 23.3 Å². The molecule has 1 rings (SSSR count). The van der Waals surface area contributed by atoms with E-state index < -0.39 is 36.7 Å². The number of carbonyl (C=O) groups is 2. The second kappa shape index (κ2) is 40.2. The van der Waals surface area contributed by atoms with Crippen LogP contribution in [0.3, 0.4) is 0 Å². The molecule has 0 aromatic rings. The van der Waals surface area contributed by atoms with Gasteiger partial charge in [0.15, 0.2) is 0 Å². The van der Waals surface area contributed by atoms with Crippen molar-refractivity contribution in [3.8, 4) is 0 Å². The quantitative estimate of drug-likeness (QED) is 0.0218. The van der Waals surface area contributed by atoms with Gasteiger partial charge in [-0.1, -0.05) is 128 Å². The highest BCUT2D eigenvalue weighted by molar-refractivity contribution is 5.77. The molecule has 0 aromatic carbocycles. The van der Waals surface area contributed by atoms with E-state index in [0.29, 0.717) is 39.0 Å². The van der Waals surface area contributed by atoms with Crippen LogP contribution in [-0.2, 0) is 9.59 Å². The van der Waals surface area contributed by atoms with E-state index in [2.05, 4.69) is 58.6 Å². The third-order valence-electron chi connectivity index (χ3n) is 13.1. The number of rotatable bonds is 42. The van der Waals surface area contributed by atoms with Crippen molar-refractivity contribution in [2.45, 2.75) is 244 Å². The van der Waals surface area contributed by atoms with Gasteiger partial charge in [-0.05, 0) is 103 Å². The third kappa shape index (κ3) is 31.1. The van der Waals surface area contributed by atoms with E-state index in [-0.39, 0.29) is 49.6 Å². The number of carbonyl (C=O) groups excluding carboxylic acids is 2. The largest absolute Gasteiger partial charge is 0.392 e. The molecule has 1 aliphatic rings. The summed E-state index contributed by atoms with van der Waals surface area (Å²) >= 11 is 0. The van der Waals surface area contributed by atoms with Crippen molar-refractivity contribution in [3.63, 3.8) is 0 Å². The summed E-state index contributed by atoms with van der Waals surface area (Å²) in [5.41, 5.74) is 11.5. The Balaban J connectivity index is 2.61. The standard InChI is InChI=1S/C52H102N6O6/c1-5-7-9-11-13-15-17-19-21-23-25-27-29-31-45(37-47(61)41-53)39-49(63)55-51(43(3)59)57-33-35-58(36-34-57)52(44(4)60)56-50(64)40-46(38-48(62)42-54)32-30-28-26-24-22-20-18-16-14-12-10-8-6-2/h19-22,43-48,51-52,59-62H,5-18,23-42,53-54H2,1-4H3,(H,55,63)(H,56,64)/b21-19-,22-20-. The maximum atomic E-state index is 13.5. The Kier molecular flexibility index (Phi) is 37.8. The predicted octanol–water partition coefficient (Wildman–Crippen LogP) is 8.20. The van der Waals surface area contributed by atoms with Gasteiger partial charge in [0, 0.05) is 52.1 Å². The number of hydrogen-bond donors (Lipinski definition) is 8. The second-order valence-electron chi connectivity index (χ2n) is 19.3. The molecule has 2 amide bonds. The maximum absolute atomic E-state index is 13.5. The van der Waals surface area contributed by atoms with Crippen LogP contribution in [0.25, 0.3) is 0 Å². The van der Waals surface area contributed by atoms with Crippen LogP contribution in [0, 0.1) is 11.8 Å². The van der Waals surface area contributed by atoms with Gasteiger partial charge in [0.1, 0.15) is 12.3 Å². The van der Waals surface area contributed by atoms with Crippen LogP contribution in [0.15, 0.2) is 24.3 Å². The zero-order valence-electron chi connectivity index (χ0n) is 41.6. The maximum Gasteiger partial charge on any atom is 0.221 e. The van der Waals surface area contributed by atoms with Crippen LogP contribution in [0.2, 0.25) is 0 Å². The zero-order chi connectivity index (χ0) is 47.2. The minimum atomic E-state index is -0.822. The number of piperazine rings is 1. The van der Waals surface area contributed by atoms with E-state index in [1.807, 2.05) is 0 Å². The number of aliphatic hydroxyl groups excluding tert-OH is 4. The van der Waals surface area contributed by atoms with Crippen molar-refractivity contribution in [3.05, 3.63) is 24.3 Å². The molecule has 1 heterocycles. The summed E-state index contributed by atoms with van der Waals surface area (Å²) in [4.78, 5) is 31.1. The molecule has 64 heavy (non-hydrogen) atoms. The molecule has 10 N–H and O–H groups in total. The van der Waals surface area contributed by atoms with E-state index in [9.17, 15) is 30.0 Å². The Bertz CT molecular complexity index is 1080. The Hall–Kier alpha value is -1.90. The van der Waals surface area contributed by atoms with Gasteiger partial charge in [-0.2, -0.15) is 0 Å². The topological polar surface area (TPSA) is 198 Å². The first-order valence-electron chi connectivity index (χ1n) is 26.4. The molecule has 8 atom stereocenters. The number of allylic oxidation sites excluding steroid dienone is 4. The first-order valence-corrected chi connectivity index (χ1v) is 26.4. The summed E-state index contributed by atoms with van der Waals surface area (Å²) in [6.07, 6.45) is 34.8. The zero-order valence-corrected chi connectivity index (χ0v) is 41.6. The first-order chi connectivity index (χ1) is 30.9. The van der Waals surface area contributed by atoms with Crippen molar-refractivity contribution in [2.75, 3.05) is 39.3 Å². The lowest BCUT2D eigenvalue weighted by molar-refractivity contribution is -0.129. The molecular formula is C52H102N6O6. The molecule has 12 heteroatoms. The fraction of sp³-hybridized carbons (Fsp3) is 0.885. The number of hydrogen-bond acceptors (Lipinski definition) is 10. The number of unbranched alkanes of at least 4 members (excludes halogenated alkanes) is 18. The molecule has 0 spiro atoms. The molecule has 0 saturated carbocycles. The summed E-state index contributed by atoms with van der Waals surface area (Å²) in [6, 6.07) is 0. The van der Waals surface area contributed by atoms with Crippen molar-refractivity contribution in [1.82, 2.24) is 20.4 Å². The molecule has 0 aliphatic carbocycles. The Labute approximate surface area is 392 Å². The van der Waals surface area contributed by atoms with E-state index in [1.54, 1.807) is 13.8 Å². The Morgan fingerprint density at radius 3 is 1.09 bits per heavy atom. The lowest BCUT2D eigenvalue weighted by Gasteiger charge is -2.44. The summed E-state index contributed by atoms with van der Waals surface area (Å²) in [5.74, 6) is -0.319. The number of nitrogens with zero attached hydrogens (tertiary/aromatic N) is 2. The highest BCUT2D eigenvalue weighted by Gasteiger charge is 2.33. The second-order valence-corrected chi connectivity index (χ2v) is 19.3. The van der Waals surface area contributed by atoms with Gasteiger partial charge >= 0.3 is 0 Å². The number of aliphatic hydroxyl groups is 4. The van der Waals surface area contributed by atoms with Gasteiger partial charge in [0.05, 0.1) is 24.4 Å². The smallest absolute Gasteiger partial charge is 0.221 e. The lowest BCUT2D eigenvalue weighted by Crippen LogP contribution is -2.64. The molecule has 376 valence electrons. The van der Waals surface area contributed by atoms with Crippen LogP contribution in [0.4, 0.5) is 0 Å². The highest BCUT2D eigenvalue weighted by atomic mass is 16.3. The molecule has 1 aliphatic heterocycles. The molecule has 1 saturated heterocycles. The summed E-state index contributed by atoms with van der Waals surface area (Å²) in [5, 5.41) is 48.6. The molecule has 8 unspecified atom stereocenters. The Morgan fingerprint density at radius 2 is 0.797 bits per heavy atom. The van der Waals surface area contributed by atoms with Crippen LogP contribution >= 0.6 is 0 Å². The van der Waals surface area contributed by atoms with Crippen LogP contribution < -0.4 is 22.1 Å². The minimum Gasteiger partial charge on any atom is -0.392 e. The number of nitrogens with one attached hydrogen (secondary N) is 2. The monoisotopic (exact) mass is 907 g/mol. The van der Waals surface area contributed by atoms with Crippen LogP contribution in [0.1, 0.15) is 207 Å². The summed E-state index contributed by atoms with van der Waals surface area (Å²) in [7, 11) is 0. The fourth-order valence-corrected chi connectivity index (χ4v) is 9.17. The number of nitrogens with two attached hydrogens (primary N) is 2. The molecule has 1 fully saturated rings. The predicted molar refractivity (Wildman–Crippen MR) is 266 cm³/mol. The number of amides is 2. The fourth-order valence-electron chi connectivity index (χ4n) is 9.17. The van der Waals surface area contributed by atoms with Crippen molar-refractivity contribution < 1.29 is 30.0 Å². The van der Waals surface area contributed by atoms with Gasteiger partial charge in [0.25, 0.3) is 0 Å². The summed E-state index contributed by atoms with van der Waals surface area (Å²) < 4.78 is 0. The van der Waals surface area contributed by atoms with Gasteiger partial charge in [0.2, 0.25) is 11.8 Å². The lowest BCUT2D eigenvalue weighted by atomic mass is 9.91. The van der Waals surface area contributed by atoms with Crippen LogP contribution in [0.5, 0.6) is 0 Å². The molecule has 0 radical (unpaired) electrons. The first kappa shape index (κ1) is 60.1. The Morgan fingerprint density at radius 1 is 0.500 bits per heavy atom. The van der Waals surface area contributed by atoms with Gasteiger partial charge in [-0.3, -0.25) is 19.4 Å². The molecule has 0 bridgehead atoms. The normalized spacial score (nSPS) is 17.9.